The molecular weight excluding hydrogens is 384 g/mol. The van der Waals surface area contributed by atoms with E-state index in [0.717, 1.165) is 0 Å². The van der Waals surface area contributed by atoms with Gasteiger partial charge in [0.25, 0.3) is 5.91 Å². The Balaban J connectivity index is 1.60. The summed E-state index contributed by atoms with van der Waals surface area (Å²) in [7, 11) is 0. The van der Waals surface area contributed by atoms with Crippen molar-refractivity contribution in [1.29, 1.82) is 0 Å². The van der Waals surface area contributed by atoms with Crippen molar-refractivity contribution < 1.29 is 23.9 Å². The van der Waals surface area contributed by atoms with E-state index in [1.807, 2.05) is 18.2 Å². The number of nitrogens with one attached hydrogen (secondary N) is 1. The van der Waals surface area contributed by atoms with E-state index in [4.69, 9.17) is 15.2 Å². The highest BCUT2D eigenvalue weighted by Crippen LogP contribution is 2.22. The molecule has 0 fully saturated rings. The SMILES string of the molecule is CC(OC(=O)c1cccc(Oc2ccccc2)c1)C(=O)Nc1ccc(C(N)=O)cc1. The highest BCUT2D eigenvalue weighted by molar-refractivity contribution is 5.98. The number of carbonyl (C=O) groups is 3. The largest absolute Gasteiger partial charge is 0.457 e. The first kappa shape index (κ1) is 20.6. The molecule has 1 atom stereocenters. The molecular formula is C23H20N2O5. The first-order valence-corrected chi connectivity index (χ1v) is 9.17. The fourth-order valence-electron chi connectivity index (χ4n) is 2.56. The lowest BCUT2D eigenvalue weighted by molar-refractivity contribution is -0.123. The lowest BCUT2D eigenvalue weighted by Gasteiger charge is -2.14. The minimum absolute atomic E-state index is 0.258. The molecule has 7 heteroatoms. The second-order valence-corrected chi connectivity index (χ2v) is 6.42. The molecule has 3 aromatic rings. The van der Waals surface area contributed by atoms with E-state index in [2.05, 4.69) is 5.32 Å². The minimum Gasteiger partial charge on any atom is -0.457 e. The summed E-state index contributed by atoms with van der Waals surface area (Å²) in [5.74, 6) is -0.610. The van der Waals surface area contributed by atoms with Crippen LogP contribution in [0.25, 0.3) is 0 Å². The zero-order valence-corrected chi connectivity index (χ0v) is 16.2. The molecule has 0 saturated carbocycles. The monoisotopic (exact) mass is 404 g/mol. The number of esters is 1. The summed E-state index contributed by atoms with van der Waals surface area (Å²) in [6.45, 7) is 1.47. The molecule has 3 rings (SSSR count). The van der Waals surface area contributed by atoms with Crippen LogP contribution in [0.5, 0.6) is 11.5 Å². The molecule has 0 aliphatic carbocycles. The van der Waals surface area contributed by atoms with Gasteiger partial charge in [0.2, 0.25) is 5.91 Å². The van der Waals surface area contributed by atoms with E-state index in [0.29, 0.717) is 22.7 Å². The molecule has 152 valence electrons. The van der Waals surface area contributed by atoms with Crippen molar-refractivity contribution in [3.05, 3.63) is 90.0 Å². The highest BCUT2D eigenvalue weighted by atomic mass is 16.5. The van der Waals surface area contributed by atoms with Crippen LogP contribution < -0.4 is 15.8 Å². The number of carbonyl (C=O) groups excluding carboxylic acids is 3. The summed E-state index contributed by atoms with van der Waals surface area (Å²) >= 11 is 0. The third-order valence-electron chi connectivity index (χ3n) is 4.14. The Morgan fingerprint density at radius 1 is 0.833 bits per heavy atom. The van der Waals surface area contributed by atoms with Crippen molar-refractivity contribution in [3.63, 3.8) is 0 Å². The quantitative estimate of drug-likeness (QED) is 0.583. The maximum Gasteiger partial charge on any atom is 0.339 e. The number of primary amides is 1. The Labute approximate surface area is 173 Å². The Bertz CT molecular complexity index is 1050. The molecule has 2 amide bonds. The van der Waals surface area contributed by atoms with Gasteiger partial charge in [-0.3, -0.25) is 9.59 Å². The standard InChI is InChI=1S/C23H20N2O5/c1-15(22(27)25-18-12-10-16(11-13-18)21(24)26)29-23(28)17-6-5-9-20(14-17)30-19-7-3-2-4-8-19/h2-15H,1H3,(H2,24,26)(H,25,27). The van der Waals surface area contributed by atoms with Crippen LogP contribution >= 0.6 is 0 Å². The molecule has 0 heterocycles. The maximum atomic E-state index is 12.4. The van der Waals surface area contributed by atoms with Crippen LogP contribution in [0, 0.1) is 0 Å². The van der Waals surface area contributed by atoms with Crippen molar-refractivity contribution >= 4 is 23.5 Å². The van der Waals surface area contributed by atoms with E-state index >= 15 is 0 Å². The molecule has 1 unspecified atom stereocenters. The van der Waals surface area contributed by atoms with E-state index in [1.54, 1.807) is 36.4 Å². The zero-order chi connectivity index (χ0) is 21.5. The van der Waals surface area contributed by atoms with Gasteiger partial charge < -0.3 is 20.5 Å². The lowest BCUT2D eigenvalue weighted by Crippen LogP contribution is -2.30. The average Bonchev–Trinajstić information content (AvgIpc) is 2.75. The first-order chi connectivity index (χ1) is 14.4. The summed E-state index contributed by atoms with van der Waals surface area (Å²) in [6.07, 6.45) is -1.04. The molecule has 0 radical (unpaired) electrons. The number of anilines is 1. The molecule has 7 nitrogen and oxygen atoms in total. The molecule has 0 spiro atoms. The summed E-state index contributed by atoms with van der Waals surface area (Å²) in [4.78, 5) is 35.8. The van der Waals surface area contributed by atoms with Crippen LogP contribution in [-0.4, -0.2) is 23.9 Å². The Hall–Kier alpha value is -4.13. The second-order valence-electron chi connectivity index (χ2n) is 6.42. The number of hydrogen-bond donors (Lipinski definition) is 2. The van der Waals surface area contributed by atoms with Gasteiger partial charge in [-0.2, -0.15) is 0 Å². The van der Waals surface area contributed by atoms with Crippen molar-refractivity contribution in [1.82, 2.24) is 0 Å². The van der Waals surface area contributed by atoms with E-state index in [9.17, 15) is 14.4 Å². The Kier molecular flexibility index (Phi) is 6.44. The first-order valence-electron chi connectivity index (χ1n) is 9.17. The van der Waals surface area contributed by atoms with E-state index in [-0.39, 0.29) is 5.56 Å². The zero-order valence-electron chi connectivity index (χ0n) is 16.2. The van der Waals surface area contributed by atoms with E-state index < -0.39 is 23.9 Å². The topological polar surface area (TPSA) is 108 Å². The molecule has 0 aliphatic heterocycles. The number of ether oxygens (including phenoxy) is 2. The van der Waals surface area contributed by atoms with E-state index in [1.165, 1.54) is 31.2 Å². The number of hydrogen-bond acceptors (Lipinski definition) is 5. The van der Waals surface area contributed by atoms with Gasteiger partial charge in [0, 0.05) is 11.3 Å². The minimum atomic E-state index is -1.04. The van der Waals surface area contributed by atoms with Gasteiger partial charge in [-0.1, -0.05) is 24.3 Å². The van der Waals surface area contributed by atoms with Gasteiger partial charge in [0.05, 0.1) is 5.56 Å². The van der Waals surface area contributed by atoms with Gasteiger partial charge in [-0.05, 0) is 61.5 Å². The van der Waals surface area contributed by atoms with Crippen LogP contribution in [0.3, 0.4) is 0 Å². The third kappa shape index (κ3) is 5.45. The lowest BCUT2D eigenvalue weighted by atomic mass is 10.2. The van der Waals surface area contributed by atoms with Crippen molar-refractivity contribution in [2.75, 3.05) is 5.32 Å². The number of benzene rings is 3. The summed E-state index contributed by atoms with van der Waals surface area (Å²) < 4.78 is 11.0. The molecule has 0 saturated heterocycles. The number of para-hydroxylation sites is 1. The van der Waals surface area contributed by atoms with Crippen LogP contribution in [0.15, 0.2) is 78.9 Å². The van der Waals surface area contributed by atoms with Gasteiger partial charge >= 0.3 is 5.97 Å². The number of nitrogens with two attached hydrogens (primary N) is 1. The van der Waals surface area contributed by atoms with Crippen LogP contribution in [0.2, 0.25) is 0 Å². The van der Waals surface area contributed by atoms with Gasteiger partial charge in [0.1, 0.15) is 11.5 Å². The summed E-state index contributed by atoms with van der Waals surface area (Å²) in [5, 5.41) is 2.62. The third-order valence-corrected chi connectivity index (χ3v) is 4.14. The predicted octanol–water partition coefficient (Wildman–Crippen LogP) is 3.76. The molecule has 3 aromatic carbocycles. The average molecular weight is 404 g/mol. The van der Waals surface area contributed by atoms with Crippen molar-refractivity contribution in [3.8, 4) is 11.5 Å². The molecule has 30 heavy (non-hydrogen) atoms. The second kappa shape index (κ2) is 9.38. The molecule has 0 aromatic heterocycles. The predicted molar refractivity (Wildman–Crippen MR) is 111 cm³/mol. The Morgan fingerprint density at radius 2 is 1.50 bits per heavy atom. The van der Waals surface area contributed by atoms with Crippen molar-refractivity contribution in [2.45, 2.75) is 13.0 Å². The van der Waals surface area contributed by atoms with Crippen molar-refractivity contribution in [2.24, 2.45) is 5.73 Å². The maximum absolute atomic E-state index is 12.4. The normalized spacial score (nSPS) is 11.2. The summed E-state index contributed by atoms with van der Waals surface area (Å²) in [5.41, 5.74) is 6.22. The fraction of sp³-hybridized carbons (Fsp3) is 0.0870. The highest BCUT2D eigenvalue weighted by Gasteiger charge is 2.19. The Morgan fingerprint density at radius 3 is 2.17 bits per heavy atom. The molecule has 0 aliphatic rings. The van der Waals surface area contributed by atoms with Gasteiger partial charge in [-0.15, -0.1) is 0 Å². The number of rotatable bonds is 7. The molecule has 3 N–H and O–H groups in total. The fourth-order valence-corrected chi connectivity index (χ4v) is 2.56. The van der Waals surface area contributed by atoms with Crippen LogP contribution in [-0.2, 0) is 9.53 Å². The van der Waals surface area contributed by atoms with Crippen LogP contribution in [0.1, 0.15) is 27.6 Å². The number of amides is 2. The summed E-state index contributed by atoms with van der Waals surface area (Å²) in [6, 6.07) is 21.7. The van der Waals surface area contributed by atoms with Gasteiger partial charge in [-0.25, -0.2) is 4.79 Å². The molecule has 0 bridgehead atoms. The van der Waals surface area contributed by atoms with Gasteiger partial charge in [0.15, 0.2) is 6.10 Å². The van der Waals surface area contributed by atoms with Crippen LogP contribution in [0.4, 0.5) is 5.69 Å². The smallest absolute Gasteiger partial charge is 0.339 e.